The van der Waals surface area contributed by atoms with Crippen molar-refractivity contribution in [3.8, 4) is 5.75 Å². The summed E-state index contributed by atoms with van der Waals surface area (Å²) in [6.07, 6.45) is 0. The summed E-state index contributed by atoms with van der Waals surface area (Å²) in [4.78, 5) is 17.9. The lowest BCUT2D eigenvalue weighted by Gasteiger charge is -2.15. The Labute approximate surface area is 172 Å². The molecule has 4 aromatic rings. The summed E-state index contributed by atoms with van der Waals surface area (Å²) >= 11 is 1.35. The largest absolute Gasteiger partial charge is 0.496 e. The van der Waals surface area contributed by atoms with E-state index in [1.807, 2.05) is 42.5 Å². The number of benzene rings is 3. The first kappa shape index (κ1) is 19.2. The summed E-state index contributed by atoms with van der Waals surface area (Å²) in [6.45, 7) is 0.320. The number of aromatic nitrogens is 2. The topological polar surface area (TPSA) is 44.1 Å². The highest BCUT2D eigenvalue weighted by Crippen LogP contribution is 2.25. The summed E-state index contributed by atoms with van der Waals surface area (Å²) in [7, 11) is 1.61. The van der Waals surface area contributed by atoms with Crippen LogP contribution < -0.4 is 10.3 Å². The predicted octanol–water partition coefficient (Wildman–Crippen LogP) is 4.88. The smallest absolute Gasteiger partial charge is 0.262 e. The van der Waals surface area contributed by atoms with Crippen molar-refractivity contribution in [1.29, 1.82) is 0 Å². The van der Waals surface area contributed by atoms with Crippen LogP contribution in [-0.2, 0) is 12.3 Å². The molecule has 0 aliphatic carbocycles. The van der Waals surface area contributed by atoms with E-state index in [1.54, 1.807) is 35.9 Å². The summed E-state index contributed by atoms with van der Waals surface area (Å²) < 4.78 is 21.1. The van der Waals surface area contributed by atoms with Crippen molar-refractivity contribution >= 4 is 22.7 Å². The van der Waals surface area contributed by atoms with Crippen LogP contribution in [0, 0.1) is 5.82 Å². The quantitative estimate of drug-likeness (QED) is 0.338. The maximum absolute atomic E-state index is 14.1. The predicted molar refractivity (Wildman–Crippen MR) is 114 cm³/mol. The lowest BCUT2D eigenvalue weighted by molar-refractivity contribution is 0.407. The number of hydrogen-bond donors (Lipinski definition) is 0. The van der Waals surface area contributed by atoms with Crippen molar-refractivity contribution < 1.29 is 9.13 Å². The van der Waals surface area contributed by atoms with Gasteiger partial charge in [-0.1, -0.05) is 60.3 Å². The van der Waals surface area contributed by atoms with Gasteiger partial charge in [-0.05, 0) is 29.8 Å². The van der Waals surface area contributed by atoms with E-state index in [-0.39, 0.29) is 11.4 Å². The molecule has 0 aliphatic rings. The van der Waals surface area contributed by atoms with Crippen molar-refractivity contribution in [2.45, 2.75) is 17.5 Å². The molecule has 146 valence electrons. The van der Waals surface area contributed by atoms with Gasteiger partial charge in [-0.3, -0.25) is 9.36 Å². The molecule has 4 rings (SSSR count). The standard InChI is InChI=1S/C23H19FN2O2S/c1-28-21-13-7-3-8-16(21)14-26-22(27)18-10-4-6-12-20(18)25-23(26)29-15-17-9-2-5-11-19(17)24/h2-13H,14-15H2,1H3. The number of hydrogen-bond acceptors (Lipinski definition) is 4. The molecule has 0 unspecified atom stereocenters. The molecule has 0 N–H and O–H groups in total. The molecule has 0 bridgehead atoms. The van der Waals surface area contributed by atoms with Crippen LogP contribution in [0.15, 0.2) is 82.7 Å². The Morgan fingerprint density at radius 3 is 2.45 bits per heavy atom. The van der Waals surface area contributed by atoms with Crippen molar-refractivity contribution in [2.24, 2.45) is 0 Å². The number of nitrogens with zero attached hydrogens (tertiary/aromatic N) is 2. The monoisotopic (exact) mass is 406 g/mol. The molecule has 0 amide bonds. The fourth-order valence-corrected chi connectivity index (χ4v) is 4.14. The molecule has 1 aromatic heterocycles. The summed E-state index contributed by atoms with van der Waals surface area (Å²) in [5.41, 5.74) is 1.95. The van der Waals surface area contributed by atoms with Crippen LogP contribution in [0.25, 0.3) is 10.9 Å². The molecule has 6 heteroatoms. The number of para-hydroxylation sites is 2. The molecule has 0 atom stereocenters. The second-order valence-electron chi connectivity index (χ2n) is 6.49. The lowest BCUT2D eigenvalue weighted by atomic mass is 10.2. The first-order chi connectivity index (χ1) is 14.2. The summed E-state index contributed by atoms with van der Waals surface area (Å²) in [5.74, 6) is 0.820. The third-order valence-electron chi connectivity index (χ3n) is 4.66. The van der Waals surface area contributed by atoms with Crippen LogP contribution in [0.1, 0.15) is 11.1 Å². The number of fused-ring (bicyclic) bond motifs is 1. The second-order valence-corrected chi connectivity index (χ2v) is 7.44. The number of rotatable bonds is 6. The lowest BCUT2D eigenvalue weighted by Crippen LogP contribution is -2.24. The molecular weight excluding hydrogens is 387 g/mol. The van der Waals surface area contributed by atoms with Crippen LogP contribution >= 0.6 is 11.8 Å². The van der Waals surface area contributed by atoms with Gasteiger partial charge < -0.3 is 4.74 Å². The van der Waals surface area contributed by atoms with Crippen molar-refractivity contribution in [3.63, 3.8) is 0 Å². The fourth-order valence-electron chi connectivity index (χ4n) is 3.16. The average molecular weight is 406 g/mol. The molecule has 0 saturated carbocycles. The van der Waals surface area contributed by atoms with E-state index in [0.29, 0.717) is 39.7 Å². The summed E-state index contributed by atoms with van der Waals surface area (Å²) in [5, 5.41) is 1.10. The minimum absolute atomic E-state index is 0.127. The van der Waals surface area contributed by atoms with Crippen LogP contribution in [-0.4, -0.2) is 16.7 Å². The van der Waals surface area contributed by atoms with E-state index in [2.05, 4.69) is 0 Å². The highest BCUT2D eigenvalue weighted by Gasteiger charge is 2.14. The highest BCUT2D eigenvalue weighted by atomic mass is 32.2. The number of halogens is 1. The minimum atomic E-state index is -0.264. The van der Waals surface area contributed by atoms with Gasteiger partial charge in [0, 0.05) is 11.3 Å². The molecule has 0 saturated heterocycles. The van der Waals surface area contributed by atoms with Crippen molar-refractivity contribution in [1.82, 2.24) is 9.55 Å². The Kier molecular flexibility index (Phi) is 5.62. The van der Waals surface area contributed by atoms with E-state index >= 15 is 0 Å². The van der Waals surface area contributed by atoms with Gasteiger partial charge in [-0.2, -0.15) is 0 Å². The fraction of sp³-hybridized carbons (Fsp3) is 0.130. The molecule has 3 aromatic carbocycles. The van der Waals surface area contributed by atoms with Crippen molar-refractivity contribution in [3.05, 3.63) is 100 Å². The van der Waals surface area contributed by atoms with E-state index in [1.165, 1.54) is 17.8 Å². The highest BCUT2D eigenvalue weighted by molar-refractivity contribution is 7.98. The Hall–Kier alpha value is -3.12. The third kappa shape index (κ3) is 4.03. The Morgan fingerprint density at radius 1 is 0.966 bits per heavy atom. The maximum atomic E-state index is 14.1. The van der Waals surface area contributed by atoms with Gasteiger partial charge in [0.2, 0.25) is 0 Å². The van der Waals surface area contributed by atoms with E-state index in [4.69, 9.17) is 9.72 Å². The molecule has 0 fully saturated rings. The normalized spacial score (nSPS) is 11.0. The number of methoxy groups -OCH3 is 1. The van der Waals surface area contributed by atoms with Gasteiger partial charge in [0.1, 0.15) is 11.6 Å². The van der Waals surface area contributed by atoms with E-state index in [0.717, 1.165) is 5.56 Å². The van der Waals surface area contributed by atoms with Crippen LogP contribution in [0.2, 0.25) is 0 Å². The molecule has 1 heterocycles. The maximum Gasteiger partial charge on any atom is 0.262 e. The van der Waals surface area contributed by atoms with Crippen LogP contribution in [0.4, 0.5) is 4.39 Å². The molecular formula is C23H19FN2O2S. The summed E-state index contributed by atoms with van der Waals surface area (Å²) in [6, 6.07) is 21.5. The van der Waals surface area contributed by atoms with Crippen LogP contribution in [0.3, 0.4) is 0 Å². The van der Waals surface area contributed by atoms with Gasteiger partial charge >= 0.3 is 0 Å². The second kappa shape index (κ2) is 8.49. The van der Waals surface area contributed by atoms with Crippen molar-refractivity contribution in [2.75, 3.05) is 7.11 Å². The van der Waals surface area contributed by atoms with Gasteiger partial charge in [0.05, 0.1) is 24.6 Å². The third-order valence-corrected chi connectivity index (χ3v) is 5.69. The number of thioether (sulfide) groups is 1. The molecule has 29 heavy (non-hydrogen) atoms. The van der Waals surface area contributed by atoms with Gasteiger partial charge in [-0.15, -0.1) is 0 Å². The minimum Gasteiger partial charge on any atom is -0.496 e. The molecule has 4 nitrogen and oxygen atoms in total. The zero-order valence-corrected chi connectivity index (χ0v) is 16.7. The Morgan fingerprint density at radius 2 is 1.66 bits per heavy atom. The Balaban J connectivity index is 1.78. The first-order valence-corrected chi connectivity index (χ1v) is 10.1. The SMILES string of the molecule is COc1ccccc1Cn1c(SCc2ccccc2F)nc2ccccc2c1=O. The molecule has 0 aliphatic heterocycles. The molecule has 0 spiro atoms. The van der Waals surface area contributed by atoms with E-state index < -0.39 is 0 Å². The van der Waals surface area contributed by atoms with Crippen LogP contribution in [0.5, 0.6) is 5.75 Å². The zero-order valence-electron chi connectivity index (χ0n) is 15.8. The molecule has 0 radical (unpaired) electrons. The zero-order chi connectivity index (χ0) is 20.2. The van der Waals surface area contributed by atoms with Gasteiger partial charge in [-0.25, -0.2) is 9.37 Å². The number of ether oxygens (including phenoxy) is 1. The first-order valence-electron chi connectivity index (χ1n) is 9.15. The van der Waals surface area contributed by atoms with Gasteiger partial charge in [0.25, 0.3) is 5.56 Å². The Bertz CT molecular complexity index is 1220. The van der Waals surface area contributed by atoms with Gasteiger partial charge in [0.15, 0.2) is 5.16 Å². The average Bonchev–Trinajstić information content (AvgIpc) is 2.76. The van der Waals surface area contributed by atoms with E-state index in [9.17, 15) is 9.18 Å².